The third-order valence-corrected chi connectivity index (χ3v) is 3.45. The standard InChI is InChI=1S/C18H19N3O2/c1-2-3-9-17(22)19-14-10-11-16-15(12-14)21-18(23-16)20-13-7-5-4-6-8-13/h4-8,10-12H,2-3,9H2,1H3,(H,19,22)(H,20,21). The van der Waals surface area contributed by atoms with Crippen LogP contribution in [0.5, 0.6) is 0 Å². The number of fused-ring (bicyclic) bond motifs is 1. The third-order valence-electron chi connectivity index (χ3n) is 3.45. The summed E-state index contributed by atoms with van der Waals surface area (Å²) < 4.78 is 5.66. The fourth-order valence-electron chi connectivity index (χ4n) is 2.26. The van der Waals surface area contributed by atoms with Gasteiger partial charge in [0.15, 0.2) is 5.58 Å². The van der Waals surface area contributed by atoms with Crippen LogP contribution in [-0.4, -0.2) is 10.9 Å². The van der Waals surface area contributed by atoms with Crippen LogP contribution in [0.25, 0.3) is 11.1 Å². The van der Waals surface area contributed by atoms with Crippen LogP contribution in [-0.2, 0) is 4.79 Å². The van der Waals surface area contributed by atoms with Crippen LogP contribution in [0.15, 0.2) is 52.9 Å². The molecule has 3 aromatic rings. The first-order valence-corrected chi connectivity index (χ1v) is 7.77. The highest BCUT2D eigenvalue weighted by molar-refractivity contribution is 5.92. The molecule has 0 saturated carbocycles. The van der Waals surface area contributed by atoms with Gasteiger partial charge in [-0.05, 0) is 36.8 Å². The lowest BCUT2D eigenvalue weighted by atomic mass is 10.2. The van der Waals surface area contributed by atoms with E-state index < -0.39 is 0 Å². The van der Waals surface area contributed by atoms with E-state index in [9.17, 15) is 4.79 Å². The van der Waals surface area contributed by atoms with Gasteiger partial charge in [-0.25, -0.2) is 0 Å². The van der Waals surface area contributed by atoms with Crippen molar-refractivity contribution in [3.8, 4) is 0 Å². The number of carbonyl (C=O) groups is 1. The number of oxazole rings is 1. The second-order valence-corrected chi connectivity index (χ2v) is 5.34. The zero-order valence-corrected chi connectivity index (χ0v) is 13.0. The molecule has 23 heavy (non-hydrogen) atoms. The predicted molar refractivity (Wildman–Crippen MR) is 91.9 cm³/mol. The van der Waals surface area contributed by atoms with Crippen molar-refractivity contribution < 1.29 is 9.21 Å². The van der Waals surface area contributed by atoms with Crippen molar-refractivity contribution >= 4 is 34.4 Å². The number of hydrogen-bond donors (Lipinski definition) is 2. The molecule has 0 aliphatic carbocycles. The number of carbonyl (C=O) groups excluding carboxylic acids is 1. The van der Waals surface area contributed by atoms with E-state index in [0.29, 0.717) is 23.5 Å². The number of nitrogens with zero attached hydrogens (tertiary/aromatic N) is 1. The molecule has 1 amide bonds. The summed E-state index contributed by atoms with van der Waals surface area (Å²) >= 11 is 0. The SMILES string of the molecule is CCCCC(=O)Nc1ccc2oc(Nc3ccccc3)nc2c1. The molecular weight excluding hydrogens is 290 g/mol. The Bertz CT molecular complexity index is 796. The van der Waals surface area contributed by atoms with E-state index in [4.69, 9.17) is 4.42 Å². The number of amides is 1. The normalized spacial score (nSPS) is 10.7. The predicted octanol–water partition coefficient (Wildman–Crippen LogP) is 4.70. The summed E-state index contributed by atoms with van der Waals surface area (Å²) in [5.74, 6) is 0.0253. The number of para-hydroxylation sites is 1. The molecule has 0 aliphatic rings. The lowest BCUT2D eigenvalue weighted by Crippen LogP contribution is -2.10. The number of aromatic nitrogens is 1. The molecular formula is C18H19N3O2. The van der Waals surface area contributed by atoms with Gasteiger partial charge in [0.2, 0.25) is 5.91 Å². The number of benzene rings is 2. The Balaban J connectivity index is 1.74. The Labute approximate surface area is 134 Å². The van der Waals surface area contributed by atoms with Crippen LogP contribution in [0.4, 0.5) is 17.4 Å². The maximum Gasteiger partial charge on any atom is 0.300 e. The molecule has 0 fully saturated rings. The molecule has 2 aromatic carbocycles. The second-order valence-electron chi connectivity index (χ2n) is 5.34. The first-order chi connectivity index (χ1) is 11.2. The summed E-state index contributed by atoms with van der Waals surface area (Å²) in [7, 11) is 0. The maximum absolute atomic E-state index is 11.8. The summed E-state index contributed by atoms with van der Waals surface area (Å²) in [4.78, 5) is 16.2. The summed E-state index contributed by atoms with van der Waals surface area (Å²) in [6.45, 7) is 2.07. The number of anilines is 3. The van der Waals surface area contributed by atoms with Crippen LogP contribution >= 0.6 is 0 Å². The van der Waals surface area contributed by atoms with E-state index >= 15 is 0 Å². The van der Waals surface area contributed by atoms with Gasteiger partial charge < -0.3 is 15.1 Å². The van der Waals surface area contributed by atoms with Gasteiger partial charge in [0.05, 0.1) is 0 Å². The van der Waals surface area contributed by atoms with E-state index in [1.807, 2.05) is 48.5 Å². The molecule has 0 bridgehead atoms. The summed E-state index contributed by atoms with van der Waals surface area (Å²) in [6, 6.07) is 15.6. The van der Waals surface area contributed by atoms with Crippen LogP contribution in [0.1, 0.15) is 26.2 Å². The molecule has 0 radical (unpaired) electrons. The van der Waals surface area contributed by atoms with Gasteiger partial charge >= 0.3 is 0 Å². The molecule has 5 heteroatoms. The van der Waals surface area contributed by atoms with Gasteiger partial charge in [-0.1, -0.05) is 31.5 Å². The minimum Gasteiger partial charge on any atom is -0.423 e. The van der Waals surface area contributed by atoms with Crippen LogP contribution in [0.3, 0.4) is 0 Å². The number of nitrogens with one attached hydrogen (secondary N) is 2. The summed E-state index contributed by atoms with van der Waals surface area (Å²) in [5, 5.41) is 6.00. The van der Waals surface area contributed by atoms with Crippen molar-refractivity contribution in [2.24, 2.45) is 0 Å². The summed E-state index contributed by atoms with van der Waals surface area (Å²) in [6.07, 6.45) is 2.43. The first-order valence-electron chi connectivity index (χ1n) is 7.77. The van der Waals surface area contributed by atoms with Crippen LogP contribution in [0, 0.1) is 0 Å². The van der Waals surface area contributed by atoms with Crippen LogP contribution < -0.4 is 10.6 Å². The topological polar surface area (TPSA) is 67.2 Å². The fraction of sp³-hybridized carbons (Fsp3) is 0.222. The van der Waals surface area contributed by atoms with Gasteiger partial charge in [0.1, 0.15) is 5.52 Å². The van der Waals surface area contributed by atoms with Crippen molar-refractivity contribution in [2.75, 3.05) is 10.6 Å². The number of unbranched alkanes of at least 4 members (excludes halogenated alkanes) is 1. The van der Waals surface area contributed by atoms with E-state index in [0.717, 1.165) is 24.2 Å². The highest BCUT2D eigenvalue weighted by Crippen LogP contribution is 2.24. The number of rotatable bonds is 6. The minimum absolute atomic E-state index is 0.0253. The highest BCUT2D eigenvalue weighted by atomic mass is 16.4. The Morgan fingerprint density at radius 3 is 2.74 bits per heavy atom. The Morgan fingerprint density at radius 1 is 1.13 bits per heavy atom. The Morgan fingerprint density at radius 2 is 1.96 bits per heavy atom. The van der Waals surface area contributed by atoms with Crippen molar-refractivity contribution in [1.82, 2.24) is 4.98 Å². The molecule has 3 rings (SSSR count). The second kappa shape index (κ2) is 6.96. The van der Waals surface area contributed by atoms with Gasteiger partial charge in [0.25, 0.3) is 6.01 Å². The van der Waals surface area contributed by atoms with E-state index in [-0.39, 0.29) is 5.91 Å². The lowest BCUT2D eigenvalue weighted by Gasteiger charge is -2.03. The van der Waals surface area contributed by atoms with Gasteiger partial charge in [0, 0.05) is 17.8 Å². The van der Waals surface area contributed by atoms with Crippen LogP contribution in [0.2, 0.25) is 0 Å². The van der Waals surface area contributed by atoms with Crippen molar-refractivity contribution in [1.29, 1.82) is 0 Å². The first kappa shape index (κ1) is 15.1. The van der Waals surface area contributed by atoms with Crippen molar-refractivity contribution in [3.63, 3.8) is 0 Å². The number of hydrogen-bond acceptors (Lipinski definition) is 4. The minimum atomic E-state index is 0.0253. The molecule has 2 N–H and O–H groups in total. The Kier molecular flexibility index (Phi) is 4.57. The molecule has 0 atom stereocenters. The molecule has 0 spiro atoms. The molecule has 118 valence electrons. The Hall–Kier alpha value is -2.82. The quantitative estimate of drug-likeness (QED) is 0.692. The van der Waals surface area contributed by atoms with E-state index in [2.05, 4.69) is 22.5 Å². The monoisotopic (exact) mass is 309 g/mol. The molecule has 1 aromatic heterocycles. The maximum atomic E-state index is 11.8. The lowest BCUT2D eigenvalue weighted by molar-refractivity contribution is -0.116. The summed E-state index contributed by atoms with van der Waals surface area (Å²) in [5.41, 5.74) is 3.03. The average molecular weight is 309 g/mol. The van der Waals surface area contributed by atoms with Gasteiger partial charge in [-0.15, -0.1) is 0 Å². The molecule has 0 unspecified atom stereocenters. The highest BCUT2D eigenvalue weighted by Gasteiger charge is 2.08. The van der Waals surface area contributed by atoms with Crippen molar-refractivity contribution in [3.05, 3.63) is 48.5 Å². The largest absolute Gasteiger partial charge is 0.423 e. The molecule has 1 heterocycles. The average Bonchev–Trinajstić information content (AvgIpc) is 2.95. The fourth-order valence-corrected chi connectivity index (χ4v) is 2.26. The smallest absolute Gasteiger partial charge is 0.300 e. The van der Waals surface area contributed by atoms with Gasteiger partial charge in [-0.3, -0.25) is 4.79 Å². The van der Waals surface area contributed by atoms with E-state index in [1.165, 1.54) is 0 Å². The third kappa shape index (κ3) is 3.88. The zero-order chi connectivity index (χ0) is 16.1. The molecule has 0 aliphatic heterocycles. The van der Waals surface area contributed by atoms with E-state index in [1.54, 1.807) is 0 Å². The molecule has 5 nitrogen and oxygen atoms in total. The zero-order valence-electron chi connectivity index (χ0n) is 13.0. The molecule has 0 saturated heterocycles. The van der Waals surface area contributed by atoms with Crippen molar-refractivity contribution in [2.45, 2.75) is 26.2 Å². The van der Waals surface area contributed by atoms with Gasteiger partial charge in [-0.2, -0.15) is 4.98 Å².